The lowest BCUT2D eigenvalue weighted by Crippen LogP contribution is -2.41. The second kappa shape index (κ2) is 6.06. The maximum Gasteiger partial charge on any atom is 0.491 e. The third-order valence-electron chi connectivity index (χ3n) is 4.71. The van der Waals surface area contributed by atoms with Crippen LogP contribution in [-0.4, -0.2) is 31.9 Å². The molecular weight excluding hydrogens is 305 g/mol. The van der Waals surface area contributed by atoms with Crippen LogP contribution >= 0.6 is 11.3 Å². The Morgan fingerprint density at radius 2 is 1.83 bits per heavy atom. The van der Waals surface area contributed by atoms with Crippen molar-refractivity contribution in [2.24, 2.45) is 0 Å². The minimum Gasteiger partial charge on any atom is -0.400 e. The molecule has 3 nitrogen and oxygen atoms in total. The quantitative estimate of drug-likeness (QED) is 0.856. The molecule has 1 aromatic heterocycles. The van der Waals surface area contributed by atoms with Crippen LogP contribution in [0.15, 0.2) is 35.8 Å². The molecule has 0 saturated carbocycles. The first-order valence-corrected chi connectivity index (χ1v) is 8.83. The Morgan fingerprint density at radius 3 is 2.43 bits per heavy atom. The van der Waals surface area contributed by atoms with Crippen molar-refractivity contribution in [3.8, 4) is 0 Å². The summed E-state index contributed by atoms with van der Waals surface area (Å²) in [5.74, 6) is 0. The van der Waals surface area contributed by atoms with Gasteiger partial charge in [0.2, 0.25) is 0 Å². The van der Waals surface area contributed by atoms with Crippen molar-refractivity contribution in [2.75, 3.05) is 13.6 Å². The fourth-order valence-corrected chi connectivity index (χ4v) is 3.70. The van der Waals surface area contributed by atoms with Crippen LogP contribution in [0.25, 0.3) is 16.2 Å². The number of hydrogen-bond acceptors (Lipinski definition) is 4. The van der Waals surface area contributed by atoms with Crippen LogP contribution < -0.4 is 5.32 Å². The van der Waals surface area contributed by atoms with Gasteiger partial charge in [0, 0.05) is 16.1 Å². The minimum absolute atomic E-state index is 0.308. The molecule has 0 aliphatic carbocycles. The first-order valence-electron chi connectivity index (χ1n) is 8.02. The van der Waals surface area contributed by atoms with Crippen molar-refractivity contribution < 1.29 is 9.31 Å². The van der Waals surface area contributed by atoms with Gasteiger partial charge in [-0.05, 0) is 63.8 Å². The highest BCUT2D eigenvalue weighted by Gasteiger charge is 2.52. The summed E-state index contributed by atoms with van der Waals surface area (Å²) < 4.78 is 13.7. The van der Waals surface area contributed by atoms with E-state index >= 15 is 0 Å². The number of benzene rings is 1. The third kappa shape index (κ3) is 3.24. The molecule has 1 N–H and O–H groups in total. The molecule has 0 unspecified atom stereocenters. The predicted molar refractivity (Wildman–Crippen MR) is 99.8 cm³/mol. The highest BCUT2D eigenvalue weighted by Crippen LogP contribution is 2.39. The van der Waals surface area contributed by atoms with Gasteiger partial charge in [-0.2, -0.15) is 0 Å². The summed E-state index contributed by atoms with van der Waals surface area (Å²) in [6.07, 6.45) is 2.20. The highest BCUT2D eigenvalue weighted by atomic mass is 32.1. The fraction of sp³-hybridized carbons (Fsp3) is 0.444. The van der Waals surface area contributed by atoms with Gasteiger partial charge in [0.1, 0.15) is 0 Å². The van der Waals surface area contributed by atoms with Gasteiger partial charge in [-0.1, -0.05) is 18.2 Å². The molecule has 0 atom stereocenters. The molecule has 0 bridgehead atoms. The molecule has 1 aliphatic rings. The van der Waals surface area contributed by atoms with Crippen LogP contribution in [0.2, 0.25) is 0 Å². The van der Waals surface area contributed by atoms with Gasteiger partial charge in [0.15, 0.2) is 0 Å². The molecule has 1 aromatic carbocycles. The maximum absolute atomic E-state index is 6.20. The van der Waals surface area contributed by atoms with Crippen molar-refractivity contribution in [3.05, 3.63) is 40.7 Å². The third-order valence-corrected chi connectivity index (χ3v) is 5.77. The summed E-state index contributed by atoms with van der Waals surface area (Å²) in [4.78, 5) is 1.23. The summed E-state index contributed by atoms with van der Waals surface area (Å²) in [6, 6.07) is 10.7. The molecule has 0 radical (unpaired) electrons. The van der Waals surface area contributed by atoms with Crippen molar-refractivity contribution in [1.82, 2.24) is 5.32 Å². The molecular formula is C18H24BNO2S. The van der Waals surface area contributed by atoms with Gasteiger partial charge in [-0.15, -0.1) is 11.3 Å². The molecule has 0 spiro atoms. The first-order chi connectivity index (χ1) is 10.8. The summed E-state index contributed by atoms with van der Waals surface area (Å²) in [5, 5.41) is 4.51. The number of nitrogens with one attached hydrogen (secondary N) is 1. The molecule has 23 heavy (non-hydrogen) atoms. The molecule has 2 heterocycles. The van der Waals surface area contributed by atoms with Crippen molar-refractivity contribution >= 4 is 34.6 Å². The van der Waals surface area contributed by atoms with E-state index in [-0.39, 0.29) is 18.3 Å². The normalized spacial score (nSPS) is 20.4. The number of fused-ring (bicyclic) bond motifs is 1. The van der Waals surface area contributed by atoms with Gasteiger partial charge in [-0.3, -0.25) is 0 Å². The lowest BCUT2D eigenvalue weighted by molar-refractivity contribution is 0.00578. The Kier molecular flexibility index (Phi) is 4.40. The molecule has 2 aromatic rings. The van der Waals surface area contributed by atoms with Crippen LogP contribution in [-0.2, 0) is 9.31 Å². The van der Waals surface area contributed by atoms with E-state index in [1.165, 1.54) is 15.0 Å². The average Bonchev–Trinajstić information content (AvgIpc) is 2.96. The van der Waals surface area contributed by atoms with E-state index < -0.39 is 0 Å². The van der Waals surface area contributed by atoms with E-state index in [2.05, 4.69) is 69.4 Å². The van der Waals surface area contributed by atoms with E-state index in [9.17, 15) is 0 Å². The number of rotatable bonds is 4. The lowest BCUT2D eigenvalue weighted by atomic mass is 9.77. The Bertz CT molecular complexity index is 686. The molecule has 5 heteroatoms. The summed E-state index contributed by atoms with van der Waals surface area (Å²) >= 11 is 1.79. The monoisotopic (exact) mass is 329 g/mol. The van der Waals surface area contributed by atoms with Gasteiger partial charge in [-0.25, -0.2) is 0 Å². The maximum atomic E-state index is 6.20. The smallest absolute Gasteiger partial charge is 0.400 e. The van der Waals surface area contributed by atoms with Crippen molar-refractivity contribution in [3.63, 3.8) is 0 Å². The summed E-state index contributed by atoms with van der Waals surface area (Å²) in [7, 11) is 1.64. The van der Waals surface area contributed by atoms with Crippen LogP contribution in [0.5, 0.6) is 0 Å². The zero-order chi connectivity index (χ0) is 16.7. The SMILES string of the molecule is CNCC(=Cc1cc2ccccc2s1)B1OC(C)(C)C(C)(C)O1. The predicted octanol–water partition coefficient (Wildman–Crippen LogP) is 4.14. The van der Waals surface area contributed by atoms with Gasteiger partial charge in [0.25, 0.3) is 0 Å². The second-order valence-corrected chi connectivity index (χ2v) is 8.14. The van der Waals surface area contributed by atoms with E-state index in [0.717, 1.165) is 12.0 Å². The van der Waals surface area contributed by atoms with Crippen LogP contribution in [0.1, 0.15) is 32.6 Å². The lowest BCUT2D eigenvalue weighted by Gasteiger charge is -2.32. The van der Waals surface area contributed by atoms with E-state index in [4.69, 9.17) is 9.31 Å². The number of hydrogen-bond donors (Lipinski definition) is 1. The zero-order valence-electron chi connectivity index (χ0n) is 14.5. The highest BCUT2D eigenvalue weighted by molar-refractivity contribution is 7.19. The topological polar surface area (TPSA) is 30.5 Å². The summed E-state index contributed by atoms with van der Waals surface area (Å²) in [6.45, 7) is 9.09. The molecule has 1 aliphatic heterocycles. The summed E-state index contributed by atoms with van der Waals surface area (Å²) in [5.41, 5.74) is 0.493. The van der Waals surface area contributed by atoms with E-state index in [0.29, 0.717) is 0 Å². The van der Waals surface area contributed by atoms with Gasteiger partial charge >= 0.3 is 7.12 Å². The van der Waals surface area contributed by atoms with Crippen LogP contribution in [0.4, 0.5) is 0 Å². The van der Waals surface area contributed by atoms with Crippen LogP contribution in [0, 0.1) is 0 Å². The Labute approximate surface area is 142 Å². The first kappa shape index (κ1) is 16.7. The average molecular weight is 329 g/mol. The Balaban J connectivity index is 1.92. The van der Waals surface area contributed by atoms with Gasteiger partial charge in [0.05, 0.1) is 11.2 Å². The fourth-order valence-electron chi connectivity index (χ4n) is 2.66. The minimum atomic E-state index is -0.315. The number of thiophene rings is 1. The second-order valence-electron chi connectivity index (χ2n) is 7.02. The largest absolute Gasteiger partial charge is 0.491 e. The van der Waals surface area contributed by atoms with Gasteiger partial charge < -0.3 is 14.6 Å². The van der Waals surface area contributed by atoms with Crippen molar-refractivity contribution in [1.29, 1.82) is 0 Å². The molecule has 0 amide bonds. The molecule has 1 fully saturated rings. The number of likely N-dealkylation sites (N-methyl/N-ethyl adjacent to an activating group) is 1. The standard InChI is InChI=1S/C18H24BNO2S/c1-17(2)18(3,4)22-19(21-17)14(12-20-5)11-15-10-13-8-6-7-9-16(13)23-15/h6-11,20H,12H2,1-5H3. The Morgan fingerprint density at radius 1 is 1.17 bits per heavy atom. The Hall–Kier alpha value is -1.14. The van der Waals surface area contributed by atoms with Crippen LogP contribution in [0.3, 0.4) is 0 Å². The van der Waals surface area contributed by atoms with E-state index in [1.54, 1.807) is 11.3 Å². The van der Waals surface area contributed by atoms with Crippen molar-refractivity contribution in [2.45, 2.75) is 38.9 Å². The van der Waals surface area contributed by atoms with E-state index in [1.807, 2.05) is 7.05 Å². The zero-order valence-corrected chi connectivity index (χ0v) is 15.3. The molecule has 122 valence electrons. The molecule has 1 saturated heterocycles. The molecule has 3 rings (SSSR count).